The number of nitrogens with one attached hydrogen (secondary N) is 2. The van der Waals surface area contributed by atoms with Gasteiger partial charge < -0.3 is 15.4 Å². The molecule has 1 saturated carbocycles. The van der Waals surface area contributed by atoms with Crippen molar-refractivity contribution in [2.75, 3.05) is 0 Å². The topological polar surface area (TPSA) is 80.3 Å². The molecule has 1 aromatic carbocycles. The second-order valence-electron chi connectivity index (χ2n) is 7.38. The zero-order valence-corrected chi connectivity index (χ0v) is 15.9. The minimum Gasteiger partial charge on any atom is -0.444 e. The summed E-state index contributed by atoms with van der Waals surface area (Å²) >= 11 is 1.38. The van der Waals surface area contributed by atoms with Crippen molar-refractivity contribution in [2.24, 2.45) is 0 Å². The van der Waals surface area contributed by atoms with Gasteiger partial charge in [-0.05, 0) is 39.2 Å². The summed E-state index contributed by atoms with van der Waals surface area (Å²) in [6, 6.07) is 9.94. The third-order valence-corrected chi connectivity index (χ3v) is 5.00. The van der Waals surface area contributed by atoms with Crippen molar-refractivity contribution in [1.29, 1.82) is 0 Å². The highest BCUT2D eigenvalue weighted by Gasteiger charge is 2.33. The first-order valence-electron chi connectivity index (χ1n) is 8.62. The number of hydrogen-bond acceptors (Lipinski definition) is 5. The van der Waals surface area contributed by atoms with Crippen molar-refractivity contribution < 1.29 is 14.3 Å². The molecule has 1 aromatic heterocycles. The van der Waals surface area contributed by atoms with Crippen LogP contribution in [0, 0.1) is 0 Å². The number of thiazole rings is 1. The van der Waals surface area contributed by atoms with Crippen molar-refractivity contribution >= 4 is 23.3 Å². The van der Waals surface area contributed by atoms with Crippen LogP contribution in [0.4, 0.5) is 4.79 Å². The maximum Gasteiger partial charge on any atom is 0.407 e. The van der Waals surface area contributed by atoms with Crippen LogP contribution in [-0.4, -0.2) is 34.7 Å². The summed E-state index contributed by atoms with van der Waals surface area (Å²) < 4.78 is 5.23. The lowest BCUT2D eigenvalue weighted by molar-refractivity contribution is 0.0465. The molecule has 2 amide bonds. The van der Waals surface area contributed by atoms with Crippen LogP contribution in [0.15, 0.2) is 36.5 Å². The molecule has 1 aliphatic rings. The smallest absolute Gasteiger partial charge is 0.407 e. The molecule has 3 rings (SSSR count). The van der Waals surface area contributed by atoms with Gasteiger partial charge in [0, 0.05) is 18.3 Å². The summed E-state index contributed by atoms with van der Waals surface area (Å²) in [7, 11) is 0. The fraction of sp³-hybridized carbons (Fsp3) is 0.421. The van der Waals surface area contributed by atoms with Crippen molar-refractivity contribution in [3.05, 3.63) is 41.5 Å². The van der Waals surface area contributed by atoms with E-state index in [-0.39, 0.29) is 18.0 Å². The molecule has 2 N–H and O–H groups in total. The SMILES string of the molecule is CC(C)(C)OC(=O)N[C@H]1C[C@@H](NC(=O)c2ncc(-c3ccccc3)s2)C1. The fourth-order valence-corrected chi connectivity index (χ4v) is 3.51. The molecule has 0 aliphatic heterocycles. The van der Waals surface area contributed by atoms with Gasteiger partial charge in [-0.1, -0.05) is 30.3 Å². The van der Waals surface area contributed by atoms with E-state index in [2.05, 4.69) is 15.6 Å². The summed E-state index contributed by atoms with van der Waals surface area (Å²) in [4.78, 5) is 29.2. The van der Waals surface area contributed by atoms with Crippen LogP contribution in [0.1, 0.15) is 43.4 Å². The minimum atomic E-state index is -0.511. The molecule has 0 saturated heterocycles. The average Bonchev–Trinajstić information content (AvgIpc) is 3.02. The van der Waals surface area contributed by atoms with Crippen LogP contribution in [0.25, 0.3) is 10.4 Å². The molecule has 26 heavy (non-hydrogen) atoms. The maximum atomic E-state index is 12.3. The van der Waals surface area contributed by atoms with Crippen LogP contribution in [0.3, 0.4) is 0 Å². The third-order valence-electron chi connectivity index (χ3n) is 3.95. The third kappa shape index (κ3) is 4.82. The monoisotopic (exact) mass is 373 g/mol. The molecule has 0 atom stereocenters. The lowest BCUT2D eigenvalue weighted by Crippen LogP contribution is -2.54. The van der Waals surface area contributed by atoms with E-state index in [0.29, 0.717) is 17.8 Å². The molecule has 2 aromatic rings. The number of ether oxygens (including phenoxy) is 1. The summed E-state index contributed by atoms with van der Waals surface area (Å²) in [5.41, 5.74) is 0.539. The maximum absolute atomic E-state index is 12.3. The largest absolute Gasteiger partial charge is 0.444 e. The number of benzene rings is 1. The lowest BCUT2D eigenvalue weighted by Gasteiger charge is -2.36. The first-order chi connectivity index (χ1) is 12.3. The highest BCUT2D eigenvalue weighted by Crippen LogP contribution is 2.26. The van der Waals surface area contributed by atoms with Gasteiger partial charge in [0.2, 0.25) is 0 Å². The molecule has 0 bridgehead atoms. The molecule has 0 radical (unpaired) electrons. The van der Waals surface area contributed by atoms with Gasteiger partial charge >= 0.3 is 6.09 Å². The standard InChI is InChI=1S/C19H23N3O3S/c1-19(2,3)25-18(24)22-14-9-13(10-14)21-16(23)17-20-11-15(26-17)12-7-5-4-6-8-12/h4-8,11,13-14H,9-10H2,1-3H3,(H,21,23)(H,22,24)/t13-,14+. The quantitative estimate of drug-likeness (QED) is 0.858. The second kappa shape index (κ2) is 7.45. The Morgan fingerprint density at radius 2 is 1.77 bits per heavy atom. The molecule has 0 unspecified atom stereocenters. The molecule has 6 nitrogen and oxygen atoms in total. The Balaban J connectivity index is 1.46. The molecular formula is C19H23N3O3S. The molecular weight excluding hydrogens is 350 g/mol. The summed E-state index contributed by atoms with van der Waals surface area (Å²) in [5, 5.41) is 6.23. The molecule has 138 valence electrons. The van der Waals surface area contributed by atoms with E-state index in [4.69, 9.17) is 4.74 Å². The van der Waals surface area contributed by atoms with Gasteiger partial charge in [0.05, 0.1) is 4.88 Å². The van der Waals surface area contributed by atoms with E-state index in [9.17, 15) is 9.59 Å². The fourth-order valence-electron chi connectivity index (χ4n) is 2.69. The number of amides is 2. The van der Waals surface area contributed by atoms with E-state index >= 15 is 0 Å². The van der Waals surface area contributed by atoms with Gasteiger partial charge in [0.15, 0.2) is 5.01 Å². The summed E-state index contributed by atoms with van der Waals surface area (Å²) in [6.45, 7) is 5.48. The highest BCUT2D eigenvalue weighted by atomic mass is 32.1. The number of carbonyl (C=O) groups excluding carboxylic acids is 2. The Morgan fingerprint density at radius 3 is 2.42 bits per heavy atom. The Morgan fingerprint density at radius 1 is 1.12 bits per heavy atom. The number of carbonyl (C=O) groups is 2. The number of nitrogens with zero attached hydrogens (tertiary/aromatic N) is 1. The van der Waals surface area contributed by atoms with Crippen molar-refractivity contribution in [2.45, 2.75) is 51.3 Å². The summed E-state index contributed by atoms with van der Waals surface area (Å²) in [5.74, 6) is -0.169. The average molecular weight is 373 g/mol. The predicted molar refractivity (Wildman–Crippen MR) is 101 cm³/mol. The zero-order chi connectivity index (χ0) is 18.7. The highest BCUT2D eigenvalue weighted by molar-refractivity contribution is 7.16. The van der Waals surface area contributed by atoms with Crippen LogP contribution in [-0.2, 0) is 4.74 Å². The van der Waals surface area contributed by atoms with E-state index in [1.165, 1.54) is 11.3 Å². The number of rotatable bonds is 4. The Bertz CT molecular complexity index is 777. The Labute approximate surface area is 157 Å². The van der Waals surface area contributed by atoms with Gasteiger partial charge in [0.25, 0.3) is 5.91 Å². The second-order valence-corrected chi connectivity index (χ2v) is 8.41. The first kappa shape index (κ1) is 18.4. The van der Waals surface area contributed by atoms with Gasteiger partial charge in [-0.3, -0.25) is 4.79 Å². The van der Waals surface area contributed by atoms with Gasteiger partial charge in [-0.25, -0.2) is 9.78 Å². The number of alkyl carbamates (subject to hydrolysis) is 1. The van der Waals surface area contributed by atoms with Crippen molar-refractivity contribution in [1.82, 2.24) is 15.6 Å². The van der Waals surface area contributed by atoms with Crippen LogP contribution in [0.2, 0.25) is 0 Å². The molecule has 0 spiro atoms. The van der Waals surface area contributed by atoms with Crippen molar-refractivity contribution in [3.63, 3.8) is 0 Å². The number of aromatic nitrogens is 1. The molecule has 7 heteroatoms. The first-order valence-corrected chi connectivity index (χ1v) is 9.43. The zero-order valence-electron chi connectivity index (χ0n) is 15.1. The normalized spacial score (nSPS) is 19.3. The van der Waals surface area contributed by atoms with E-state index in [1.54, 1.807) is 6.20 Å². The van der Waals surface area contributed by atoms with Gasteiger partial charge in [0.1, 0.15) is 5.60 Å². The van der Waals surface area contributed by atoms with Gasteiger partial charge in [-0.15, -0.1) is 11.3 Å². The van der Waals surface area contributed by atoms with E-state index in [1.807, 2.05) is 51.1 Å². The van der Waals surface area contributed by atoms with Crippen LogP contribution >= 0.6 is 11.3 Å². The molecule has 1 aliphatic carbocycles. The lowest BCUT2D eigenvalue weighted by atomic mass is 9.87. The van der Waals surface area contributed by atoms with E-state index in [0.717, 1.165) is 10.4 Å². The van der Waals surface area contributed by atoms with Crippen LogP contribution in [0.5, 0.6) is 0 Å². The summed E-state index contributed by atoms with van der Waals surface area (Å²) in [6.07, 6.45) is 2.70. The molecule has 1 fully saturated rings. The molecule has 1 heterocycles. The van der Waals surface area contributed by atoms with Crippen molar-refractivity contribution in [3.8, 4) is 10.4 Å². The predicted octanol–water partition coefficient (Wildman–Crippen LogP) is 3.60. The Kier molecular flexibility index (Phi) is 5.27. The van der Waals surface area contributed by atoms with E-state index < -0.39 is 11.7 Å². The van der Waals surface area contributed by atoms with Gasteiger partial charge in [-0.2, -0.15) is 0 Å². The minimum absolute atomic E-state index is 0.0336. The Hall–Kier alpha value is -2.41. The number of hydrogen-bond donors (Lipinski definition) is 2. The van der Waals surface area contributed by atoms with Crippen LogP contribution < -0.4 is 10.6 Å².